The predicted molar refractivity (Wildman–Crippen MR) is 135 cm³/mol. The lowest BCUT2D eigenvalue weighted by Crippen LogP contribution is -2.22. The normalized spacial score (nSPS) is 19.6. The molecule has 1 aliphatic carbocycles. The van der Waals surface area contributed by atoms with Gasteiger partial charge in [0.25, 0.3) is 10.1 Å². The number of hydrogen-bond acceptors (Lipinski definition) is 7. The smallest absolute Gasteiger partial charge is 0.264 e. The zero-order valence-corrected chi connectivity index (χ0v) is 22.3. The van der Waals surface area contributed by atoms with E-state index in [0.29, 0.717) is 12.6 Å². The van der Waals surface area contributed by atoms with E-state index in [4.69, 9.17) is 13.9 Å². The summed E-state index contributed by atoms with van der Waals surface area (Å²) in [6.07, 6.45) is 12.5. The number of aromatic nitrogens is 5. The third-order valence-corrected chi connectivity index (χ3v) is 8.57. The first-order valence-electron chi connectivity index (χ1n) is 11.9. The number of ether oxygens (including phenoxy) is 1. The third-order valence-electron chi connectivity index (χ3n) is 6.30. The van der Waals surface area contributed by atoms with E-state index >= 15 is 0 Å². The van der Waals surface area contributed by atoms with Crippen LogP contribution in [0.3, 0.4) is 0 Å². The minimum Gasteiger partial charge on any atom is -0.361 e. The van der Waals surface area contributed by atoms with Crippen molar-refractivity contribution in [2.75, 3.05) is 19.5 Å². The molecule has 34 heavy (non-hydrogen) atoms. The van der Waals surface area contributed by atoms with Gasteiger partial charge in [0.1, 0.15) is 12.4 Å². The average Bonchev–Trinajstić information content (AvgIpc) is 3.42. The van der Waals surface area contributed by atoms with Gasteiger partial charge in [-0.3, -0.25) is 8.86 Å². The minimum absolute atomic E-state index is 0.269. The molecular weight excluding hydrogens is 470 g/mol. The molecule has 1 aliphatic rings. The van der Waals surface area contributed by atoms with Gasteiger partial charge in [0, 0.05) is 38.7 Å². The fraction of sp³-hybridized carbons (Fsp3) is 0.609. The maximum Gasteiger partial charge on any atom is 0.264 e. The summed E-state index contributed by atoms with van der Waals surface area (Å²) in [4.78, 5) is 9.36. The summed E-state index contributed by atoms with van der Waals surface area (Å²) < 4.78 is 37.4. The van der Waals surface area contributed by atoms with E-state index in [0.717, 1.165) is 61.2 Å². The molecule has 9 nitrogen and oxygen atoms in total. The monoisotopic (exact) mass is 505 g/mol. The molecule has 0 bridgehead atoms. The maximum atomic E-state index is 11.2. The van der Waals surface area contributed by atoms with Gasteiger partial charge in [-0.05, 0) is 43.7 Å². The van der Waals surface area contributed by atoms with Crippen molar-refractivity contribution < 1.29 is 17.3 Å². The van der Waals surface area contributed by atoms with Crippen molar-refractivity contribution in [3.05, 3.63) is 30.9 Å². The van der Waals surface area contributed by atoms with Crippen LogP contribution in [0.5, 0.6) is 0 Å². The molecule has 0 aromatic carbocycles. The fourth-order valence-corrected chi connectivity index (χ4v) is 5.40. The molecule has 3 aromatic rings. The van der Waals surface area contributed by atoms with Crippen molar-refractivity contribution in [1.29, 1.82) is 0 Å². The van der Waals surface area contributed by atoms with E-state index in [1.165, 1.54) is 0 Å². The second-order valence-corrected chi connectivity index (χ2v) is 17.7. The Labute approximate surface area is 202 Å². The van der Waals surface area contributed by atoms with Gasteiger partial charge in [-0.25, -0.2) is 9.97 Å². The number of rotatable bonds is 10. The quantitative estimate of drug-likeness (QED) is 0.230. The molecule has 0 N–H and O–H groups in total. The molecule has 0 unspecified atom stereocenters. The molecule has 3 aromatic heterocycles. The largest absolute Gasteiger partial charge is 0.361 e. The fourth-order valence-electron chi connectivity index (χ4n) is 4.20. The Bertz CT molecular complexity index is 1210. The van der Waals surface area contributed by atoms with Gasteiger partial charge >= 0.3 is 0 Å². The van der Waals surface area contributed by atoms with Crippen molar-refractivity contribution in [2.45, 2.75) is 64.1 Å². The van der Waals surface area contributed by atoms with Crippen LogP contribution in [0.4, 0.5) is 0 Å². The summed E-state index contributed by atoms with van der Waals surface area (Å²) in [5.74, 6) is 0.920. The highest BCUT2D eigenvalue weighted by atomic mass is 32.2. The van der Waals surface area contributed by atoms with Crippen LogP contribution in [0.15, 0.2) is 30.9 Å². The van der Waals surface area contributed by atoms with Crippen molar-refractivity contribution in [3.63, 3.8) is 0 Å². The topological polar surface area (TPSA) is 101 Å². The number of hydrogen-bond donors (Lipinski definition) is 0. The SMILES string of the molecule is C[Si](C)(C)CCOCn1ccc2cnc(-c3cnn([C@H]4CC[C@@H](COS(C)(=O)=O)CC4)c3)nc21. The van der Waals surface area contributed by atoms with Crippen LogP contribution in [0.25, 0.3) is 22.4 Å². The van der Waals surface area contributed by atoms with Crippen LogP contribution in [-0.4, -0.2) is 60.3 Å². The Morgan fingerprint density at radius 3 is 2.62 bits per heavy atom. The summed E-state index contributed by atoms with van der Waals surface area (Å²) in [6.45, 7) is 8.56. The maximum absolute atomic E-state index is 11.2. The molecule has 4 rings (SSSR count). The van der Waals surface area contributed by atoms with Crippen LogP contribution in [-0.2, 0) is 25.8 Å². The van der Waals surface area contributed by atoms with Crippen molar-refractivity contribution in [1.82, 2.24) is 24.3 Å². The second kappa shape index (κ2) is 10.3. The molecule has 0 atom stereocenters. The number of fused-ring (bicyclic) bond motifs is 1. The lowest BCUT2D eigenvalue weighted by molar-refractivity contribution is 0.0899. The Morgan fingerprint density at radius 1 is 1.15 bits per heavy atom. The summed E-state index contributed by atoms with van der Waals surface area (Å²) >= 11 is 0. The summed E-state index contributed by atoms with van der Waals surface area (Å²) in [5.41, 5.74) is 1.74. The Kier molecular flexibility index (Phi) is 7.56. The molecule has 3 heterocycles. The van der Waals surface area contributed by atoms with Crippen molar-refractivity contribution in [2.24, 2.45) is 5.92 Å². The van der Waals surface area contributed by atoms with Crippen molar-refractivity contribution in [3.8, 4) is 11.4 Å². The summed E-state index contributed by atoms with van der Waals surface area (Å²) in [5, 5.41) is 5.57. The Morgan fingerprint density at radius 2 is 1.91 bits per heavy atom. The zero-order chi connectivity index (χ0) is 24.3. The van der Waals surface area contributed by atoms with Gasteiger partial charge in [-0.2, -0.15) is 13.5 Å². The van der Waals surface area contributed by atoms with Gasteiger partial charge < -0.3 is 9.30 Å². The zero-order valence-electron chi connectivity index (χ0n) is 20.5. The molecular formula is C23H35N5O4SSi. The first kappa shape index (κ1) is 25.0. The molecule has 0 saturated heterocycles. The van der Waals surface area contributed by atoms with E-state index in [1.54, 1.807) is 0 Å². The average molecular weight is 506 g/mol. The lowest BCUT2D eigenvalue weighted by atomic mass is 9.87. The lowest BCUT2D eigenvalue weighted by Gasteiger charge is -2.28. The molecule has 11 heteroatoms. The molecule has 186 valence electrons. The van der Waals surface area contributed by atoms with Gasteiger partial charge in [0.15, 0.2) is 5.82 Å². The molecule has 1 saturated carbocycles. The molecule has 1 fully saturated rings. The highest BCUT2D eigenvalue weighted by molar-refractivity contribution is 7.85. The van der Waals surface area contributed by atoms with E-state index in [2.05, 4.69) is 29.7 Å². The Hall–Kier alpha value is -2.08. The summed E-state index contributed by atoms with van der Waals surface area (Å²) in [6, 6.07) is 3.44. The van der Waals surface area contributed by atoms with Crippen LogP contribution in [0.2, 0.25) is 25.7 Å². The van der Waals surface area contributed by atoms with Crippen LogP contribution >= 0.6 is 0 Å². The standard InChI is InChI=1S/C23H35N5O4SSi/c1-33(29,30)32-16-18-5-7-21(8-6-18)28-15-20(14-25-28)22-24-13-19-9-10-27(23(19)26-22)17-31-11-12-34(2,3)4/h9-10,13-15,18,21H,5-8,11-12,16-17H2,1-4H3/t18-,21+. The van der Waals surface area contributed by atoms with Crippen molar-refractivity contribution >= 4 is 29.2 Å². The van der Waals surface area contributed by atoms with E-state index in [9.17, 15) is 8.42 Å². The second-order valence-electron chi connectivity index (χ2n) is 10.5. The van der Waals surface area contributed by atoms with E-state index in [1.807, 2.05) is 40.1 Å². The van der Waals surface area contributed by atoms with E-state index < -0.39 is 18.2 Å². The predicted octanol–water partition coefficient (Wildman–Crippen LogP) is 4.31. The minimum atomic E-state index is -3.38. The first-order chi connectivity index (χ1) is 16.1. The van der Waals surface area contributed by atoms with Crippen LogP contribution in [0, 0.1) is 5.92 Å². The molecule has 0 aliphatic heterocycles. The molecule has 0 spiro atoms. The van der Waals surface area contributed by atoms with Gasteiger partial charge in [-0.1, -0.05) is 19.6 Å². The highest BCUT2D eigenvalue weighted by Gasteiger charge is 2.24. The summed E-state index contributed by atoms with van der Waals surface area (Å²) in [7, 11) is -4.50. The Balaban J connectivity index is 1.38. The molecule has 0 radical (unpaired) electrons. The first-order valence-corrected chi connectivity index (χ1v) is 17.4. The van der Waals surface area contributed by atoms with Gasteiger partial charge in [0.05, 0.1) is 30.7 Å². The van der Waals surface area contributed by atoms with Crippen LogP contribution < -0.4 is 0 Å². The third kappa shape index (κ3) is 6.74. The van der Waals surface area contributed by atoms with Gasteiger partial charge in [0.2, 0.25) is 0 Å². The highest BCUT2D eigenvalue weighted by Crippen LogP contribution is 2.33. The molecule has 0 amide bonds. The number of nitrogens with zero attached hydrogens (tertiary/aromatic N) is 5. The van der Waals surface area contributed by atoms with Crippen LogP contribution in [0.1, 0.15) is 31.7 Å². The van der Waals surface area contributed by atoms with E-state index in [-0.39, 0.29) is 18.6 Å². The van der Waals surface area contributed by atoms with Gasteiger partial charge in [-0.15, -0.1) is 0 Å².